The summed E-state index contributed by atoms with van der Waals surface area (Å²) in [5.74, 6) is 0. The molecule has 0 amide bonds. The van der Waals surface area contributed by atoms with E-state index in [1.54, 1.807) is 0 Å². The summed E-state index contributed by atoms with van der Waals surface area (Å²) < 4.78 is 0. The zero-order valence-corrected chi connectivity index (χ0v) is 13.5. The van der Waals surface area contributed by atoms with Gasteiger partial charge in [-0.15, -0.1) is 0 Å². The second kappa shape index (κ2) is 16.7. The van der Waals surface area contributed by atoms with E-state index in [2.05, 4.69) is 13.0 Å². The topological polar surface area (TPSA) is 40.5 Å². The predicted octanol–water partition coefficient (Wildman–Crippen LogP) is 4.99. The summed E-state index contributed by atoms with van der Waals surface area (Å²) in [6.07, 6.45) is 19.3. The van der Waals surface area contributed by atoms with Gasteiger partial charge in [-0.3, -0.25) is 0 Å². The molecule has 1 unspecified atom stereocenters. The van der Waals surface area contributed by atoms with Gasteiger partial charge in [-0.1, -0.05) is 76.9 Å². The molecule has 2 N–H and O–H groups in total. The monoisotopic (exact) mass is 284 g/mol. The highest BCUT2D eigenvalue weighted by molar-refractivity contribution is 4.88. The molecule has 0 bridgehead atoms. The van der Waals surface area contributed by atoms with Crippen molar-refractivity contribution in [3.05, 3.63) is 12.2 Å². The van der Waals surface area contributed by atoms with E-state index in [0.717, 1.165) is 38.5 Å². The third-order valence-corrected chi connectivity index (χ3v) is 3.74. The lowest BCUT2D eigenvalue weighted by Gasteiger charge is -2.05. The van der Waals surface area contributed by atoms with Crippen LogP contribution >= 0.6 is 0 Å². The lowest BCUT2D eigenvalue weighted by molar-refractivity contribution is 0.207. The van der Waals surface area contributed by atoms with Gasteiger partial charge in [0.05, 0.1) is 6.10 Å². The Kier molecular flexibility index (Phi) is 16.4. The highest BCUT2D eigenvalue weighted by atomic mass is 16.3. The molecule has 0 fully saturated rings. The number of unbranched alkanes of at least 4 members (excludes halogenated alkanes) is 10. The Balaban J connectivity index is 3.23. The largest absolute Gasteiger partial charge is 0.396 e. The van der Waals surface area contributed by atoms with Crippen molar-refractivity contribution in [3.63, 3.8) is 0 Å². The van der Waals surface area contributed by atoms with Crippen molar-refractivity contribution in [1.82, 2.24) is 0 Å². The molecule has 0 aromatic carbocycles. The molecule has 20 heavy (non-hydrogen) atoms. The van der Waals surface area contributed by atoms with E-state index < -0.39 is 0 Å². The number of allylic oxidation sites excluding steroid dienone is 1. The lowest BCUT2D eigenvalue weighted by atomic mass is 10.1. The van der Waals surface area contributed by atoms with Gasteiger partial charge in [0.1, 0.15) is 0 Å². The zero-order chi connectivity index (χ0) is 14.9. The van der Waals surface area contributed by atoms with Gasteiger partial charge >= 0.3 is 0 Å². The molecule has 2 nitrogen and oxygen atoms in total. The van der Waals surface area contributed by atoms with Crippen molar-refractivity contribution in [2.24, 2.45) is 0 Å². The van der Waals surface area contributed by atoms with Crippen LogP contribution in [0, 0.1) is 0 Å². The fourth-order valence-electron chi connectivity index (χ4n) is 2.39. The first-order chi connectivity index (χ1) is 9.81. The SMILES string of the molecule is CCCCCCCCCCC(O)/C=C/CCCCCO. The average molecular weight is 284 g/mol. The van der Waals surface area contributed by atoms with Crippen molar-refractivity contribution < 1.29 is 10.2 Å². The molecule has 0 heterocycles. The quantitative estimate of drug-likeness (QED) is 0.328. The number of rotatable bonds is 15. The zero-order valence-electron chi connectivity index (χ0n) is 13.5. The first kappa shape index (κ1) is 19.7. The van der Waals surface area contributed by atoms with Gasteiger partial charge in [-0.2, -0.15) is 0 Å². The van der Waals surface area contributed by atoms with Gasteiger partial charge in [0, 0.05) is 6.61 Å². The van der Waals surface area contributed by atoms with Crippen molar-refractivity contribution in [2.75, 3.05) is 6.61 Å². The summed E-state index contributed by atoms with van der Waals surface area (Å²) in [5, 5.41) is 18.5. The Labute approximate surface area is 126 Å². The highest BCUT2D eigenvalue weighted by Gasteiger charge is 1.98. The van der Waals surface area contributed by atoms with Gasteiger partial charge in [-0.05, 0) is 25.7 Å². The standard InChI is InChI=1S/C18H36O2/c1-2-3-4-5-6-7-9-12-15-18(20)16-13-10-8-11-14-17-19/h13,16,18-20H,2-12,14-15,17H2,1H3/b16-13+. The van der Waals surface area contributed by atoms with Crippen molar-refractivity contribution in [2.45, 2.75) is 96.5 Å². The smallest absolute Gasteiger partial charge is 0.0720 e. The number of hydrogen-bond acceptors (Lipinski definition) is 2. The van der Waals surface area contributed by atoms with Gasteiger partial charge in [0.25, 0.3) is 0 Å². The van der Waals surface area contributed by atoms with Crippen molar-refractivity contribution in [3.8, 4) is 0 Å². The maximum atomic E-state index is 9.80. The lowest BCUT2D eigenvalue weighted by Crippen LogP contribution is -2.01. The number of hydrogen-bond donors (Lipinski definition) is 2. The van der Waals surface area contributed by atoms with Crippen LogP contribution in [-0.4, -0.2) is 22.9 Å². The summed E-state index contributed by atoms with van der Waals surface area (Å²) in [6, 6.07) is 0. The summed E-state index contributed by atoms with van der Waals surface area (Å²) in [4.78, 5) is 0. The molecule has 0 saturated heterocycles. The third-order valence-electron chi connectivity index (χ3n) is 3.74. The molecular formula is C18H36O2. The first-order valence-corrected chi connectivity index (χ1v) is 8.76. The molecule has 0 rings (SSSR count). The van der Waals surface area contributed by atoms with Crippen molar-refractivity contribution in [1.29, 1.82) is 0 Å². The number of aliphatic hydroxyl groups excluding tert-OH is 2. The van der Waals surface area contributed by atoms with E-state index >= 15 is 0 Å². The van der Waals surface area contributed by atoms with Crippen LogP contribution in [0.15, 0.2) is 12.2 Å². The molecule has 0 aliphatic carbocycles. The van der Waals surface area contributed by atoms with Crippen LogP contribution in [0.4, 0.5) is 0 Å². The minimum Gasteiger partial charge on any atom is -0.396 e. The van der Waals surface area contributed by atoms with Crippen LogP contribution in [0.5, 0.6) is 0 Å². The third kappa shape index (κ3) is 15.7. The van der Waals surface area contributed by atoms with Gasteiger partial charge in [-0.25, -0.2) is 0 Å². The summed E-state index contributed by atoms with van der Waals surface area (Å²) >= 11 is 0. The Morgan fingerprint density at radius 2 is 1.40 bits per heavy atom. The van der Waals surface area contributed by atoms with Crippen LogP contribution in [0.3, 0.4) is 0 Å². The van der Waals surface area contributed by atoms with Gasteiger partial charge in [0.15, 0.2) is 0 Å². The number of aliphatic hydroxyl groups is 2. The minimum atomic E-state index is -0.257. The van der Waals surface area contributed by atoms with Crippen LogP contribution in [0.2, 0.25) is 0 Å². The molecule has 0 spiro atoms. The molecule has 0 aromatic rings. The minimum absolute atomic E-state index is 0.257. The maximum Gasteiger partial charge on any atom is 0.0720 e. The molecule has 120 valence electrons. The second-order valence-corrected chi connectivity index (χ2v) is 5.83. The Morgan fingerprint density at radius 1 is 0.800 bits per heavy atom. The van der Waals surface area contributed by atoms with E-state index in [9.17, 15) is 5.11 Å². The van der Waals surface area contributed by atoms with Crippen LogP contribution in [-0.2, 0) is 0 Å². The van der Waals surface area contributed by atoms with E-state index in [1.165, 1.54) is 44.9 Å². The molecule has 1 atom stereocenters. The molecule has 0 radical (unpaired) electrons. The molecular weight excluding hydrogens is 248 g/mol. The molecule has 0 aromatic heterocycles. The van der Waals surface area contributed by atoms with E-state index in [0.29, 0.717) is 6.61 Å². The summed E-state index contributed by atoms with van der Waals surface area (Å²) in [6.45, 7) is 2.55. The predicted molar refractivity (Wildman–Crippen MR) is 87.9 cm³/mol. The normalized spacial score (nSPS) is 13.2. The molecule has 0 aliphatic rings. The maximum absolute atomic E-state index is 9.80. The second-order valence-electron chi connectivity index (χ2n) is 5.83. The summed E-state index contributed by atoms with van der Waals surface area (Å²) in [7, 11) is 0. The van der Waals surface area contributed by atoms with Gasteiger partial charge < -0.3 is 10.2 Å². The summed E-state index contributed by atoms with van der Waals surface area (Å²) in [5.41, 5.74) is 0. The highest BCUT2D eigenvalue weighted by Crippen LogP contribution is 2.11. The Hall–Kier alpha value is -0.340. The van der Waals surface area contributed by atoms with E-state index in [4.69, 9.17) is 5.11 Å². The fraction of sp³-hybridized carbons (Fsp3) is 0.889. The first-order valence-electron chi connectivity index (χ1n) is 8.76. The van der Waals surface area contributed by atoms with E-state index in [1.807, 2.05) is 6.08 Å². The molecule has 0 saturated carbocycles. The average Bonchev–Trinajstić information content (AvgIpc) is 2.45. The molecule has 0 aliphatic heterocycles. The Morgan fingerprint density at radius 3 is 2.05 bits per heavy atom. The van der Waals surface area contributed by atoms with E-state index in [-0.39, 0.29) is 6.10 Å². The molecule has 2 heteroatoms. The van der Waals surface area contributed by atoms with Crippen LogP contribution in [0.1, 0.15) is 90.4 Å². The van der Waals surface area contributed by atoms with Gasteiger partial charge in [0.2, 0.25) is 0 Å². The Bertz CT molecular complexity index is 202. The van der Waals surface area contributed by atoms with Crippen molar-refractivity contribution >= 4 is 0 Å². The fourth-order valence-corrected chi connectivity index (χ4v) is 2.39. The van der Waals surface area contributed by atoms with Crippen LogP contribution in [0.25, 0.3) is 0 Å². The van der Waals surface area contributed by atoms with Crippen LogP contribution < -0.4 is 0 Å².